The molecule has 2 aliphatic rings. The number of pyridine rings is 1. The number of aromatic nitrogens is 1. The highest BCUT2D eigenvalue weighted by molar-refractivity contribution is 5.17. The van der Waals surface area contributed by atoms with Gasteiger partial charge in [0.25, 0.3) is 0 Å². The first-order valence-electron chi connectivity index (χ1n) is 8.51. The van der Waals surface area contributed by atoms with Crippen molar-refractivity contribution in [2.45, 2.75) is 25.8 Å². The first-order chi connectivity index (χ1) is 10.7. The molecule has 1 aromatic rings. The molecule has 2 heterocycles. The third kappa shape index (κ3) is 3.61. The summed E-state index contributed by atoms with van der Waals surface area (Å²) in [6.45, 7) is 4.80. The Kier molecular flexibility index (Phi) is 4.99. The molecular formula is C18H29N3O. The van der Waals surface area contributed by atoms with Gasteiger partial charge in [0.1, 0.15) is 0 Å². The summed E-state index contributed by atoms with van der Waals surface area (Å²) in [5.74, 6) is 3.38. The summed E-state index contributed by atoms with van der Waals surface area (Å²) >= 11 is 0. The molecule has 1 saturated heterocycles. The van der Waals surface area contributed by atoms with Crippen molar-refractivity contribution in [3.63, 3.8) is 0 Å². The number of hydrogen-bond acceptors (Lipinski definition) is 4. The molecule has 22 heavy (non-hydrogen) atoms. The lowest BCUT2D eigenvalue weighted by Crippen LogP contribution is -2.34. The van der Waals surface area contributed by atoms with E-state index in [-0.39, 0.29) is 0 Å². The molecular weight excluding hydrogens is 274 g/mol. The summed E-state index contributed by atoms with van der Waals surface area (Å²) in [5.41, 5.74) is 1.30. The topological polar surface area (TPSA) is 28.6 Å². The van der Waals surface area contributed by atoms with E-state index in [1.807, 2.05) is 12.3 Å². The molecule has 3 atom stereocenters. The van der Waals surface area contributed by atoms with E-state index >= 15 is 0 Å². The Morgan fingerprint density at radius 3 is 2.82 bits per heavy atom. The summed E-state index contributed by atoms with van der Waals surface area (Å²) in [4.78, 5) is 9.32. The Morgan fingerprint density at radius 1 is 1.27 bits per heavy atom. The van der Waals surface area contributed by atoms with Gasteiger partial charge >= 0.3 is 0 Å². The second-order valence-corrected chi connectivity index (χ2v) is 7.28. The Morgan fingerprint density at radius 2 is 2.14 bits per heavy atom. The van der Waals surface area contributed by atoms with Crippen LogP contribution in [0.4, 0.5) is 0 Å². The maximum Gasteiger partial charge on any atom is 0.212 e. The zero-order valence-electron chi connectivity index (χ0n) is 14.2. The van der Waals surface area contributed by atoms with Gasteiger partial charge in [-0.25, -0.2) is 4.98 Å². The molecule has 0 N–H and O–H groups in total. The standard InChI is InChI=1S/C18H29N3O/c1-20(2)11-15-5-4-6-16-12-21(13-17(15)16)10-14-7-8-18(22-3)19-9-14/h7-9,15-17H,4-6,10-13H2,1-3H3/t15-,16+,17+/m0/s1. The Labute approximate surface area is 134 Å². The maximum atomic E-state index is 5.14. The summed E-state index contributed by atoms with van der Waals surface area (Å²) in [5, 5.41) is 0. The highest BCUT2D eigenvalue weighted by atomic mass is 16.5. The number of rotatable bonds is 5. The van der Waals surface area contributed by atoms with Crippen molar-refractivity contribution >= 4 is 0 Å². The second kappa shape index (κ2) is 6.97. The molecule has 2 fully saturated rings. The molecule has 122 valence electrons. The number of ether oxygens (including phenoxy) is 1. The molecule has 0 aromatic carbocycles. The Bertz CT molecular complexity index is 474. The minimum atomic E-state index is 0.699. The third-order valence-corrected chi connectivity index (χ3v) is 5.34. The van der Waals surface area contributed by atoms with Crippen LogP contribution in [0.1, 0.15) is 24.8 Å². The average molecular weight is 303 g/mol. The number of fused-ring (bicyclic) bond motifs is 1. The summed E-state index contributed by atoms with van der Waals surface area (Å²) in [6, 6.07) is 4.11. The number of methoxy groups -OCH3 is 1. The largest absolute Gasteiger partial charge is 0.481 e. The maximum absolute atomic E-state index is 5.14. The number of likely N-dealkylation sites (tertiary alicyclic amines) is 1. The van der Waals surface area contributed by atoms with Crippen LogP contribution in [0.15, 0.2) is 18.3 Å². The summed E-state index contributed by atoms with van der Waals surface area (Å²) in [6.07, 6.45) is 6.21. The van der Waals surface area contributed by atoms with E-state index in [0.717, 1.165) is 24.3 Å². The first kappa shape index (κ1) is 15.8. The molecule has 1 saturated carbocycles. The lowest BCUT2D eigenvalue weighted by molar-refractivity contribution is 0.158. The summed E-state index contributed by atoms with van der Waals surface area (Å²) in [7, 11) is 6.08. The van der Waals surface area contributed by atoms with E-state index in [1.165, 1.54) is 44.5 Å². The van der Waals surface area contributed by atoms with E-state index in [1.54, 1.807) is 7.11 Å². The van der Waals surface area contributed by atoms with E-state index in [0.29, 0.717) is 5.88 Å². The van der Waals surface area contributed by atoms with Crippen LogP contribution in [0.5, 0.6) is 5.88 Å². The molecule has 4 heteroatoms. The van der Waals surface area contributed by atoms with Gasteiger partial charge in [0, 0.05) is 38.4 Å². The van der Waals surface area contributed by atoms with Crippen LogP contribution in [-0.2, 0) is 6.54 Å². The van der Waals surface area contributed by atoms with Crippen molar-refractivity contribution in [1.82, 2.24) is 14.8 Å². The highest BCUT2D eigenvalue weighted by Gasteiger charge is 2.39. The Hall–Kier alpha value is -1.13. The molecule has 1 aliphatic carbocycles. The average Bonchev–Trinajstić information content (AvgIpc) is 2.91. The van der Waals surface area contributed by atoms with Crippen molar-refractivity contribution < 1.29 is 4.74 Å². The molecule has 0 unspecified atom stereocenters. The normalized spacial score (nSPS) is 28.8. The number of hydrogen-bond donors (Lipinski definition) is 0. The van der Waals surface area contributed by atoms with Crippen LogP contribution in [0.3, 0.4) is 0 Å². The van der Waals surface area contributed by atoms with Crippen molar-refractivity contribution in [3.8, 4) is 5.88 Å². The van der Waals surface area contributed by atoms with Crippen molar-refractivity contribution in [3.05, 3.63) is 23.9 Å². The van der Waals surface area contributed by atoms with Gasteiger partial charge in [0.05, 0.1) is 7.11 Å². The zero-order valence-corrected chi connectivity index (χ0v) is 14.2. The quantitative estimate of drug-likeness (QED) is 0.835. The van der Waals surface area contributed by atoms with Gasteiger partial charge in [-0.3, -0.25) is 4.90 Å². The molecule has 4 nitrogen and oxygen atoms in total. The minimum Gasteiger partial charge on any atom is -0.481 e. The van der Waals surface area contributed by atoms with Gasteiger partial charge in [-0.1, -0.05) is 12.5 Å². The molecule has 1 aromatic heterocycles. The van der Waals surface area contributed by atoms with E-state index in [9.17, 15) is 0 Å². The smallest absolute Gasteiger partial charge is 0.212 e. The van der Waals surface area contributed by atoms with Crippen molar-refractivity contribution in [2.75, 3.05) is 40.8 Å². The molecule has 3 rings (SSSR count). The molecule has 0 radical (unpaired) electrons. The van der Waals surface area contributed by atoms with Gasteiger partial charge in [0.15, 0.2) is 0 Å². The van der Waals surface area contributed by atoms with Crippen LogP contribution in [0, 0.1) is 17.8 Å². The van der Waals surface area contributed by atoms with Crippen LogP contribution in [0.25, 0.3) is 0 Å². The zero-order chi connectivity index (χ0) is 15.5. The molecule has 0 amide bonds. The fraction of sp³-hybridized carbons (Fsp3) is 0.722. The summed E-state index contributed by atoms with van der Waals surface area (Å²) < 4.78 is 5.14. The van der Waals surface area contributed by atoms with E-state index in [4.69, 9.17) is 4.74 Å². The van der Waals surface area contributed by atoms with Gasteiger partial charge in [-0.15, -0.1) is 0 Å². The molecule has 0 bridgehead atoms. The predicted molar refractivity (Wildman–Crippen MR) is 88.9 cm³/mol. The molecule has 0 spiro atoms. The van der Waals surface area contributed by atoms with Crippen LogP contribution in [0.2, 0.25) is 0 Å². The second-order valence-electron chi connectivity index (χ2n) is 7.28. The number of nitrogens with zero attached hydrogens (tertiary/aromatic N) is 3. The van der Waals surface area contributed by atoms with Crippen LogP contribution < -0.4 is 4.74 Å². The predicted octanol–water partition coefficient (Wildman–Crippen LogP) is 2.50. The van der Waals surface area contributed by atoms with Gasteiger partial charge < -0.3 is 9.64 Å². The van der Waals surface area contributed by atoms with Crippen LogP contribution >= 0.6 is 0 Å². The van der Waals surface area contributed by atoms with Gasteiger partial charge in [-0.05, 0) is 50.3 Å². The minimum absolute atomic E-state index is 0.699. The van der Waals surface area contributed by atoms with Gasteiger partial charge in [0.2, 0.25) is 5.88 Å². The monoisotopic (exact) mass is 303 g/mol. The van der Waals surface area contributed by atoms with Crippen molar-refractivity contribution in [1.29, 1.82) is 0 Å². The fourth-order valence-electron chi connectivity index (χ4n) is 4.39. The fourth-order valence-corrected chi connectivity index (χ4v) is 4.39. The third-order valence-electron chi connectivity index (χ3n) is 5.34. The van der Waals surface area contributed by atoms with Gasteiger partial charge in [-0.2, -0.15) is 0 Å². The highest BCUT2D eigenvalue weighted by Crippen LogP contribution is 2.40. The van der Waals surface area contributed by atoms with E-state index < -0.39 is 0 Å². The lowest BCUT2D eigenvalue weighted by atomic mass is 9.74. The SMILES string of the molecule is COc1ccc(CN2C[C@H]3CCC[C@@H](CN(C)C)[C@H]3C2)cn1. The first-order valence-corrected chi connectivity index (χ1v) is 8.51. The van der Waals surface area contributed by atoms with Crippen LogP contribution in [-0.4, -0.2) is 55.6 Å². The molecule has 1 aliphatic heterocycles. The lowest BCUT2D eigenvalue weighted by Gasteiger charge is -2.34. The van der Waals surface area contributed by atoms with Crippen molar-refractivity contribution in [2.24, 2.45) is 17.8 Å². The Balaban J connectivity index is 1.60. The van der Waals surface area contributed by atoms with E-state index in [2.05, 4.69) is 34.9 Å².